The Morgan fingerprint density at radius 2 is 1.95 bits per heavy atom. The first kappa shape index (κ1) is 12.3. The lowest BCUT2D eigenvalue weighted by molar-refractivity contribution is 0.829. The zero-order valence-corrected chi connectivity index (χ0v) is 11.7. The van der Waals surface area contributed by atoms with Crippen molar-refractivity contribution >= 4 is 26.8 Å². The molecule has 2 N–H and O–H groups in total. The molecular weight excluding hydrogens is 302 g/mol. The van der Waals surface area contributed by atoms with E-state index < -0.39 is 0 Å². The predicted molar refractivity (Wildman–Crippen MR) is 79.7 cm³/mol. The Morgan fingerprint density at radius 3 is 2.74 bits per heavy atom. The Bertz CT molecular complexity index is 710. The van der Waals surface area contributed by atoms with E-state index in [-0.39, 0.29) is 6.04 Å². The number of nitrogens with zero attached hydrogens (tertiary/aromatic N) is 2. The van der Waals surface area contributed by atoms with Crippen LogP contribution in [0.4, 0.5) is 0 Å². The van der Waals surface area contributed by atoms with Crippen LogP contribution in [0, 0.1) is 0 Å². The molecule has 0 aliphatic rings. The van der Waals surface area contributed by atoms with Crippen molar-refractivity contribution in [2.24, 2.45) is 5.73 Å². The van der Waals surface area contributed by atoms with Gasteiger partial charge in [0.25, 0.3) is 0 Å². The predicted octanol–water partition coefficient (Wildman–Crippen LogP) is 3.44. The number of halogens is 1. The second kappa shape index (κ2) is 5.07. The number of rotatable bonds is 2. The van der Waals surface area contributed by atoms with Gasteiger partial charge in [-0.1, -0.05) is 12.1 Å². The van der Waals surface area contributed by atoms with Gasteiger partial charge in [0.15, 0.2) is 0 Å². The van der Waals surface area contributed by atoms with Crippen molar-refractivity contribution in [3.05, 3.63) is 70.6 Å². The van der Waals surface area contributed by atoms with Crippen LogP contribution >= 0.6 is 15.9 Å². The van der Waals surface area contributed by atoms with Gasteiger partial charge in [0, 0.05) is 22.3 Å². The van der Waals surface area contributed by atoms with Crippen LogP contribution in [0.3, 0.4) is 0 Å². The van der Waals surface area contributed by atoms with Crippen molar-refractivity contribution in [2.75, 3.05) is 0 Å². The Kier molecular flexibility index (Phi) is 3.27. The van der Waals surface area contributed by atoms with E-state index in [1.54, 1.807) is 12.4 Å². The van der Waals surface area contributed by atoms with Gasteiger partial charge in [-0.2, -0.15) is 0 Å². The van der Waals surface area contributed by atoms with Crippen molar-refractivity contribution in [1.82, 2.24) is 9.97 Å². The topological polar surface area (TPSA) is 51.8 Å². The summed E-state index contributed by atoms with van der Waals surface area (Å²) in [6, 6.07) is 13.7. The number of nitrogens with two attached hydrogens (primary N) is 1. The van der Waals surface area contributed by atoms with Gasteiger partial charge in [0.2, 0.25) is 0 Å². The van der Waals surface area contributed by atoms with Gasteiger partial charge in [-0.3, -0.25) is 9.97 Å². The average molecular weight is 314 g/mol. The molecule has 0 bridgehead atoms. The van der Waals surface area contributed by atoms with Crippen molar-refractivity contribution < 1.29 is 0 Å². The normalized spacial score (nSPS) is 12.5. The van der Waals surface area contributed by atoms with Crippen LogP contribution in [0.15, 0.2) is 59.3 Å². The van der Waals surface area contributed by atoms with Crippen LogP contribution in [-0.2, 0) is 0 Å². The third-order valence-electron chi connectivity index (χ3n) is 3.06. The lowest BCUT2D eigenvalue weighted by atomic mass is 10.0. The fourth-order valence-electron chi connectivity index (χ4n) is 2.03. The van der Waals surface area contributed by atoms with Crippen molar-refractivity contribution in [3.8, 4) is 0 Å². The van der Waals surface area contributed by atoms with Gasteiger partial charge in [-0.25, -0.2) is 0 Å². The Hall–Kier alpha value is -1.78. The molecule has 3 nitrogen and oxygen atoms in total. The van der Waals surface area contributed by atoms with E-state index in [1.165, 1.54) is 0 Å². The molecule has 0 radical (unpaired) electrons. The van der Waals surface area contributed by atoms with Gasteiger partial charge >= 0.3 is 0 Å². The summed E-state index contributed by atoms with van der Waals surface area (Å²) in [7, 11) is 0. The molecule has 19 heavy (non-hydrogen) atoms. The Balaban J connectivity index is 2.01. The maximum atomic E-state index is 6.26. The molecule has 1 atom stereocenters. The summed E-state index contributed by atoms with van der Waals surface area (Å²) in [5.74, 6) is 0. The Labute approximate surface area is 119 Å². The smallest absolute Gasteiger partial charge is 0.0726 e. The summed E-state index contributed by atoms with van der Waals surface area (Å²) in [6.07, 6.45) is 3.55. The molecule has 3 rings (SSSR count). The molecule has 3 aromatic rings. The minimum atomic E-state index is -0.224. The summed E-state index contributed by atoms with van der Waals surface area (Å²) in [4.78, 5) is 8.65. The summed E-state index contributed by atoms with van der Waals surface area (Å²) in [5, 5.41) is 1.09. The van der Waals surface area contributed by atoms with Gasteiger partial charge in [-0.05, 0) is 51.8 Å². The molecule has 2 aromatic heterocycles. The average Bonchev–Trinajstić information content (AvgIpc) is 2.47. The molecule has 2 heterocycles. The zero-order chi connectivity index (χ0) is 13.2. The number of pyridine rings is 2. The number of fused-ring (bicyclic) bond motifs is 1. The molecule has 0 saturated heterocycles. The van der Waals surface area contributed by atoms with Crippen molar-refractivity contribution in [1.29, 1.82) is 0 Å². The molecule has 0 aliphatic carbocycles. The molecule has 1 unspecified atom stereocenters. The Morgan fingerprint density at radius 1 is 1.05 bits per heavy atom. The van der Waals surface area contributed by atoms with Gasteiger partial charge in [0.05, 0.1) is 17.3 Å². The lowest BCUT2D eigenvalue weighted by Crippen LogP contribution is -2.13. The number of hydrogen-bond donors (Lipinski definition) is 1. The first-order valence-electron chi connectivity index (χ1n) is 5.96. The van der Waals surface area contributed by atoms with Crippen LogP contribution in [0.25, 0.3) is 10.9 Å². The summed E-state index contributed by atoms with van der Waals surface area (Å²) in [6.45, 7) is 0. The first-order chi connectivity index (χ1) is 9.24. The van der Waals surface area contributed by atoms with E-state index in [4.69, 9.17) is 5.73 Å². The highest BCUT2D eigenvalue weighted by molar-refractivity contribution is 9.10. The van der Waals surface area contributed by atoms with Crippen LogP contribution in [0.2, 0.25) is 0 Å². The SMILES string of the molecule is NC(c1ccc2ncccc2c1)c1ccc(Br)cn1. The van der Waals surface area contributed by atoms with Gasteiger partial charge < -0.3 is 5.73 Å². The van der Waals surface area contributed by atoms with E-state index in [2.05, 4.69) is 32.0 Å². The highest BCUT2D eigenvalue weighted by Gasteiger charge is 2.10. The van der Waals surface area contributed by atoms with Crippen molar-refractivity contribution in [3.63, 3.8) is 0 Å². The van der Waals surface area contributed by atoms with E-state index >= 15 is 0 Å². The van der Waals surface area contributed by atoms with E-state index in [0.29, 0.717) is 0 Å². The highest BCUT2D eigenvalue weighted by Crippen LogP contribution is 2.22. The van der Waals surface area contributed by atoms with E-state index in [9.17, 15) is 0 Å². The third kappa shape index (κ3) is 2.50. The van der Waals surface area contributed by atoms with Crippen LogP contribution in [-0.4, -0.2) is 9.97 Å². The van der Waals surface area contributed by atoms with Gasteiger partial charge in [-0.15, -0.1) is 0 Å². The van der Waals surface area contributed by atoms with Crippen molar-refractivity contribution in [2.45, 2.75) is 6.04 Å². The molecular formula is C15H12BrN3. The number of hydrogen-bond acceptors (Lipinski definition) is 3. The minimum absolute atomic E-state index is 0.224. The molecule has 1 aromatic carbocycles. The largest absolute Gasteiger partial charge is 0.319 e. The number of aromatic nitrogens is 2. The first-order valence-corrected chi connectivity index (χ1v) is 6.75. The van der Waals surface area contributed by atoms with Crippen LogP contribution < -0.4 is 5.73 Å². The molecule has 0 saturated carbocycles. The summed E-state index contributed by atoms with van der Waals surface area (Å²) >= 11 is 3.37. The third-order valence-corrected chi connectivity index (χ3v) is 3.52. The summed E-state index contributed by atoms with van der Waals surface area (Å²) < 4.78 is 0.950. The monoisotopic (exact) mass is 313 g/mol. The number of benzene rings is 1. The fourth-order valence-corrected chi connectivity index (χ4v) is 2.26. The fraction of sp³-hybridized carbons (Fsp3) is 0.0667. The van der Waals surface area contributed by atoms with E-state index in [1.807, 2.05) is 36.4 Å². The highest BCUT2D eigenvalue weighted by atomic mass is 79.9. The molecule has 0 fully saturated rings. The lowest BCUT2D eigenvalue weighted by Gasteiger charge is -2.12. The molecule has 0 aliphatic heterocycles. The maximum Gasteiger partial charge on any atom is 0.0726 e. The van der Waals surface area contributed by atoms with Gasteiger partial charge in [0.1, 0.15) is 0 Å². The standard InChI is InChI=1S/C15H12BrN3/c16-12-4-6-14(19-9-12)15(17)11-3-5-13-10(8-11)2-1-7-18-13/h1-9,15H,17H2. The molecule has 94 valence electrons. The quantitative estimate of drug-likeness (QED) is 0.788. The second-order valence-electron chi connectivity index (χ2n) is 4.33. The van der Waals surface area contributed by atoms with Crippen LogP contribution in [0.1, 0.15) is 17.3 Å². The van der Waals surface area contributed by atoms with Crippen LogP contribution in [0.5, 0.6) is 0 Å². The zero-order valence-electron chi connectivity index (χ0n) is 10.1. The minimum Gasteiger partial charge on any atom is -0.319 e. The van der Waals surface area contributed by atoms with E-state index in [0.717, 1.165) is 26.6 Å². The second-order valence-corrected chi connectivity index (χ2v) is 5.25. The molecule has 0 spiro atoms. The molecule has 0 amide bonds. The molecule has 4 heteroatoms. The maximum absolute atomic E-state index is 6.26. The summed E-state index contributed by atoms with van der Waals surface area (Å²) in [5.41, 5.74) is 9.12.